The maximum Gasteiger partial charge on any atom is 0.415 e. The smallest absolute Gasteiger partial charge is 0.415 e. The van der Waals surface area contributed by atoms with Crippen LogP contribution in [0.15, 0.2) is 36.5 Å². The molecule has 0 radical (unpaired) electrons. The van der Waals surface area contributed by atoms with E-state index in [1.165, 1.54) is 7.11 Å². The Labute approximate surface area is 232 Å². The molecule has 1 aromatic carbocycles. The van der Waals surface area contributed by atoms with E-state index in [2.05, 4.69) is 16.1 Å². The van der Waals surface area contributed by atoms with Crippen molar-refractivity contribution >= 4 is 24.0 Å². The van der Waals surface area contributed by atoms with E-state index in [0.717, 1.165) is 28.1 Å². The molecule has 2 aromatic rings. The van der Waals surface area contributed by atoms with Gasteiger partial charge in [-0.2, -0.15) is 5.26 Å². The maximum atomic E-state index is 12.6. The van der Waals surface area contributed by atoms with E-state index >= 15 is 0 Å². The summed E-state index contributed by atoms with van der Waals surface area (Å²) < 4.78 is 15.6. The molecule has 4 aliphatic rings. The molecule has 208 valence electrons. The summed E-state index contributed by atoms with van der Waals surface area (Å²) in [5, 5.41) is 12.7. The van der Waals surface area contributed by atoms with Gasteiger partial charge in [0.1, 0.15) is 17.1 Å². The van der Waals surface area contributed by atoms with Gasteiger partial charge in [-0.3, -0.25) is 9.88 Å². The number of ether oxygens (including phenoxy) is 3. The minimum absolute atomic E-state index is 0.0400. The van der Waals surface area contributed by atoms with Crippen LogP contribution in [-0.2, 0) is 26.0 Å². The lowest BCUT2D eigenvalue weighted by molar-refractivity contribution is 0.0265. The Hall–Kier alpha value is -4.33. The number of pyridine rings is 1. The number of alkyl carbamates (subject to hydrolysis) is 1. The second kappa shape index (κ2) is 9.11. The topological polar surface area (TPSA) is 134 Å². The summed E-state index contributed by atoms with van der Waals surface area (Å²) in [5.74, 6) is 0.0800. The van der Waals surface area contributed by atoms with Crippen molar-refractivity contribution in [3.8, 4) is 17.2 Å². The maximum absolute atomic E-state index is 12.6. The van der Waals surface area contributed by atoms with E-state index in [1.807, 2.05) is 51.1 Å². The van der Waals surface area contributed by atoms with E-state index < -0.39 is 29.3 Å². The van der Waals surface area contributed by atoms with Gasteiger partial charge in [0.15, 0.2) is 0 Å². The van der Waals surface area contributed by atoms with Gasteiger partial charge in [0.25, 0.3) is 0 Å². The number of hydrogen-bond donors (Lipinski definition) is 1. The predicted octanol–water partition coefficient (Wildman–Crippen LogP) is 3.61. The summed E-state index contributed by atoms with van der Waals surface area (Å²) in [6.07, 6.45) is 0.561. The summed E-state index contributed by atoms with van der Waals surface area (Å²) in [7, 11) is 1.28. The van der Waals surface area contributed by atoms with Gasteiger partial charge in [-0.15, -0.1) is 0 Å². The van der Waals surface area contributed by atoms with E-state index in [9.17, 15) is 19.6 Å². The normalized spacial score (nSPS) is 27.7. The van der Waals surface area contributed by atoms with Gasteiger partial charge in [-0.1, -0.05) is 12.1 Å². The molecule has 1 N–H and O–H groups in total. The Morgan fingerprint density at radius 1 is 1.20 bits per heavy atom. The van der Waals surface area contributed by atoms with Gasteiger partial charge in [-0.05, 0) is 56.5 Å². The molecular weight excluding hydrogens is 514 g/mol. The van der Waals surface area contributed by atoms with Crippen LogP contribution >= 0.6 is 0 Å². The van der Waals surface area contributed by atoms with E-state index in [0.29, 0.717) is 19.5 Å². The van der Waals surface area contributed by atoms with E-state index in [1.54, 1.807) is 16.0 Å². The first-order chi connectivity index (χ1) is 19.1. The van der Waals surface area contributed by atoms with Crippen LogP contribution in [0.3, 0.4) is 0 Å². The summed E-state index contributed by atoms with van der Waals surface area (Å²) in [6.45, 7) is 6.66. The van der Waals surface area contributed by atoms with Crippen molar-refractivity contribution in [3.05, 3.63) is 47.8 Å². The number of benzene rings is 1. The van der Waals surface area contributed by atoms with Crippen molar-refractivity contribution < 1.29 is 28.6 Å². The molecule has 11 nitrogen and oxygen atoms in total. The number of fused-ring (bicyclic) bond motifs is 4. The van der Waals surface area contributed by atoms with Crippen LogP contribution in [-0.4, -0.2) is 72.7 Å². The molecule has 1 aromatic heterocycles. The van der Waals surface area contributed by atoms with Crippen LogP contribution in [0.25, 0.3) is 11.1 Å². The van der Waals surface area contributed by atoms with Gasteiger partial charge >= 0.3 is 18.3 Å². The molecule has 0 spiro atoms. The van der Waals surface area contributed by atoms with Crippen molar-refractivity contribution in [2.24, 2.45) is 11.8 Å². The fourth-order valence-electron chi connectivity index (χ4n) is 6.41. The number of rotatable bonds is 4. The number of nitrogens with zero attached hydrogens (tertiary/aromatic N) is 4. The SMILES string of the molecule is COC(=O)NC[C@@H]1OC(=O)N2c3ccc(-c4ccc([C@@]5(C#N)[C@@H]6CN(C(=O)OC(C)(C)C)C[C@@H]65)nc4)cc3C[C@@H]12. The van der Waals surface area contributed by atoms with Crippen molar-refractivity contribution in [2.45, 2.75) is 50.4 Å². The molecule has 11 heteroatoms. The fraction of sp³-hybridized carbons (Fsp3) is 0.483. The number of piperidine rings is 1. The third kappa shape index (κ3) is 4.10. The van der Waals surface area contributed by atoms with E-state index in [-0.39, 0.29) is 30.5 Å². The largest absolute Gasteiger partial charge is 0.453 e. The summed E-state index contributed by atoms with van der Waals surface area (Å²) in [4.78, 5) is 44.5. The molecule has 40 heavy (non-hydrogen) atoms. The molecular formula is C29H31N5O6. The highest BCUT2D eigenvalue weighted by molar-refractivity contribution is 5.94. The first-order valence-electron chi connectivity index (χ1n) is 13.4. The molecule has 3 amide bonds. The second-order valence-corrected chi connectivity index (χ2v) is 11.8. The molecule has 5 atom stereocenters. The standard InChI is InChI=1S/C29H31N5O6/c1-28(2,3)40-26(36)33-13-19-20(14-33)29(19,15-30)24-8-6-17(11-31-24)16-5-7-21-18(9-16)10-22-23(12-32-25(35)38-4)39-27(37)34(21)22/h5-9,11,19-20,22-23H,10,12-14H2,1-4H3,(H,32,35)/t19-,20+,22-,23-,29+/m0/s1. The Morgan fingerprint density at radius 3 is 2.55 bits per heavy atom. The van der Waals surface area contributed by atoms with Gasteiger partial charge < -0.3 is 24.4 Å². The molecule has 0 unspecified atom stereocenters. The number of amides is 3. The molecule has 6 rings (SSSR count). The number of hydrogen-bond acceptors (Lipinski definition) is 8. The zero-order chi connectivity index (χ0) is 28.4. The Balaban J connectivity index is 1.15. The molecule has 2 saturated heterocycles. The molecule has 3 fully saturated rings. The summed E-state index contributed by atoms with van der Waals surface area (Å²) in [6, 6.07) is 12.1. The van der Waals surface area contributed by atoms with Crippen LogP contribution in [0.2, 0.25) is 0 Å². The van der Waals surface area contributed by atoms with Crippen LogP contribution < -0.4 is 10.2 Å². The summed E-state index contributed by atoms with van der Waals surface area (Å²) in [5.41, 5.74) is 3.14. The number of likely N-dealkylation sites (tertiary alicyclic amines) is 1. The number of methoxy groups -OCH3 is 1. The zero-order valence-corrected chi connectivity index (χ0v) is 22.8. The monoisotopic (exact) mass is 545 g/mol. The minimum atomic E-state index is -0.687. The van der Waals surface area contributed by atoms with E-state index in [4.69, 9.17) is 14.5 Å². The Bertz CT molecular complexity index is 1420. The van der Waals surface area contributed by atoms with Crippen LogP contribution in [0.4, 0.5) is 20.1 Å². The average Bonchev–Trinajstić information content (AvgIpc) is 3.28. The minimum Gasteiger partial charge on any atom is -0.453 e. The van der Waals surface area contributed by atoms with Gasteiger partial charge in [0.2, 0.25) is 0 Å². The van der Waals surface area contributed by atoms with Crippen LogP contribution in [0, 0.1) is 23.2 Å². The van der Waals surface area contributed by atoms with Gasteiger partial charge in [-0.25, -0.2) is 14.4 Å². The number of nitriles is 1. The number of anilines is 1. The van der Waals surface area contributed by atoms with Gasteiger partial charge in [0.05, 0.1) is 37.1 Å². The Kier molecular flexibility index (Phi) is 5.91. The third-order valence-electron chi connectivity index (χ3n) is 8.35. The molecule has 3 aliphatic heterocycles. The average molecular weight is 546 g/mol. The van der Waals surface area contributed by atoms with Crippen molar-refractivity contribution in [1.29, 1.82) is 5.26 Å². The highest BCUT2D eigenvalue weighted by Gasteiger charge is 2.71. The lowest BCUT2D eigenvalue weighted by atomic mass is 9.95. The van der Waals surface area contributed by atoms with Crippen molar-refractivity contribution in [2.75, 3.05) is 31.6 Å². The Morgan fingerprint density at radius 2 is 1.93 bits per heavy atom. The van der Waals surface area contributed by atoms with Gasteiger partial charge in [0, 0.05) is 36.7 Å². The zero-order valence-electron chi connectivity index (χ0n) is 22.8. The van der Waals surface area contributed by atoms with Crippen molar-refractivity contribution in [1.82, 2.24) is 15.2 Å². The second-order valence-electron chi connectivity index (χ2n) is 11.8. The first-order valence-corrected chi connectivity index (χ1v) is 13.4. The van der Waals surface area contributed by atoms with Crippen molar-refractivity contribution in [3.63, 3.8) is 0 Å². The quantitative estimate of drug-likeness (QED) is 0.576. The highest BCUT2D eigenvalue weighted by Crippen LogP contribution is 2.63. The molecule has 1 aliphatic carbocycles. The number of carbonyl (C=O) groups is 3. The van der Waals surface area contributed by atoms with Crippen LogP contribution in [0.5, 0.6) is 0 Å². The number of nitrogens with one attached hydrogen (secondary N) is 1. The molecule has 1 saturated carbocycles. The first kappa shape index (κ1) is 25.9. The molecule has 4 heterocycles. The lowest BCUT2D eigenvalue weighted by Crippen LogP contribution is -2.40. The summed E-state index contributed by atoms with van der Waals surface area (Å²) >= 11 is 0. The fourth-order valence-corrected chi connectivity index (χ4v) is 6.41. The predicted molar refractivity (Wildman–Crippen MR) is 142 cm³/mol. The number of aromatic nitrogens is 1. The number of cyclic esters (lactones) is 1. The lowest BCUT2D eigenvalue weighted by Gasteiger charge is -2.27. The number of carbonyl (C=O) groups excluding carboxylic acids is 3. The third-order valence-corrected chi connectivity index (χ3v) is 8.35. The highest BCUT2D eigenvalue weighted by atomic mass is 16.6. The van der Waals surface area contributed by atoms with Crippen LogP contribution in [0.1, 0.15) is 32.0 Å². The molecule has 0 bridgehead atoms.